The Kier molecular flexibility index (Phi) is 6.81. The van der Waals surface area contributed by atoms with Gasteiger partial charge in [-0.2, -0.15) is 5.10 Å². The van der Waals surface area contributed by atoms with Crippen molar-refractivity contribution in [2.75, 3.05) is 5.32 Å². The molecule has 1 N–H and O–H groups in total. The van der Waals surface area contributed by atoms with Gasteiger partial charge in [-0.05, 0) is 30.5 Å². The third kappa shape index (κ3) is 4.97. The van der Waals surface area contributed by atoms with Crippen LogP contribution in [0.15, 0.2) is 60.9 Å². The molecule has 0 atom stereocenters. The molecule has 0 unspecified atom stereocenters. The lowest BCUT2D eigenvalue weighted by molar-refractivity contribution is 0.102. The molecule has 3 aromatic heterocycles. The minimum atomic E-state index is -0.271. The third-order valence-electron chi connectivity index (χ3n) is 5.28. The van der Waals surface area contributed by atoms with Crippen LogP contribution in [0, 0.1) is 5.92 Å². The molecular weight excluding hydrogens is 422 g/mol. The minimum absolute atomic E-state index is 0.271. The lowest BCUT2D eigenvalue weighted by Crippen LogP contribution is -2.13. The molecule has 1 amide bonds. The second-order valence-electron chi connectivity index (χ2n) is 8.21. The fourth-order valence-electron chi connectivity index (χ4n) is 3.61. The Hall–Kier alpha value is -3.25. The van der Waals surface area contributed by atoms with Crippen LogP contribution in [-0.2, 0) is 6.54 Å². The maximum Gasteiger partial charge on any atom is 0.258 e. The number of pyridine rings is 2. The van der Waals surface area contributed by atoms with Gasteiger partial charge >= 0.3 is 0 Å². The van der Waals surface area contributed by atoms with E-state index in [-0.39, 0.29) is 5.91 Å². The van der Waals surface area contributed by atoms with Gasteiger partial charge in [0.1, 0.15) is 0 Å². The number of fused-ring (bicyclic) bond motifs is 1. The van der Waals surface area contributed by atoms with Crippen molar-refractivity contribution < 1.29 is 4.79 Å². The molecule has 0 aliphatic carbocycles. The molecule has 4 aromatic rings. The number of nitrogens with zero attached hydrogens (tertiary/aromatic N) is 4. The molecule has 6 nitrogen and oxygen atoms in total. The molecule has 0 saturated carbocycles. The van der Waals surface area contributed by atoms with Crippen LogP contribution >= 0.6 is 11.6 Å². The predicted molar refractivity (Wildman–Crippen MR) is 129 cm³/mol. The van der Waals surface area contributed by atoms with Crippen LogP contribution in [0.1, 0.15) is 43.5 Å². The van der Waals surface area contributed by atoms with Crippen LogP contribution < -0.4 is 5.32 Å². The summed E-state index contributed by atoms with van der Waals surface area (Å²) in [4.78, 5) is 21.6. The van der Waals surface area contributed by atoms with Gasteiger partial charge in [0.15, 0.2) is 11.5 Å². The average molecular weight is 448 g/mol. The number of halogens is 1. The topological polar surface area (TPSA) is 72.7 Å². The quantitative estimate of drug-likeness (QED) is 0.325. The standard InChI is InChI=1S/C25H26ClN5O/c1-17(2)9-6-7-14-31-24-20(15-21(26)22(28-24)18-10-4-3-5-11-18)23(30-31)29-25(32)19-12-8-13-27-16-19/h3-5,8,10-13,15-17H,6-7,9,14H2,1-2H3,(H,29,30,32). The maximum absolute atomic E-state index is 12.7. The van der Waals surface area contributed by atoms with Crippen LogP contribution in [-0.4, -0.2) is 25.7 Å². The number of carbonyl (C=O) groups excluding carboxylic acids is 1. The fraction of sp³-hybridized carbons (Fsp3) is 0.280. The molecule has 0 fully saturated rings. The Labute approximate surface area is 192 Å². The van der Waals surface area contributed by atoms with Gasteiger partial charge in [0.25, 0.3) is 5.91 Å². The molecule has 0 saturated heterocycles. The third-order valence-corrected chi connectivity index (χ3v) is 5.57. The summed E-state index contributed by atoms with van der Waals surface area (Å²) in [5.41, 5.74) is 2.81. The maximum atomic E-state index is 12.7. The lowest BCUT2D eigenvalue weighted by Gasteiger charge is -2.07. The van der Waals surface area contributed by atoms with E-state index in [1.165, 1.54) is 12.6 Å². The summed E-state index contributed by atoms with van der Waals surface area (Å²) < 4.78 is 1.87. The zero-order chi connectivity index (χ0) is 22.5. The van der Waals surface area contributed by atoms with Gasteiger partial charge < -0.3 is 5.32 Å². The molecule has 4 rings (SSSR count). The normalized spacial score (nSPS) is 11.2. The molecule has 0 radical (unpaired) electrons. The van der Waals surface area contributed by atoms with Crippen LogP contribution in [0.25, 0.3) is 22.3 Å². The van der Waals surface area contributed by atoms with E-state index in [2.05, 4.69) is 24.1 Å². The number of unbranched alkanes of at least 4 members (excludes halogenated alkanes) is 1. The van der Waals surface area contributed by atoms with Crippen molar-refractivity contribution in [1.29, 1.82) is 0 Å². The number of carbonyl (C=O) groups is 1. The highest BCUT2D eigenvalue weighted by molar-refractivity contribution is 6.34. The molecule has 164 valence electrons. The fourth-order valence-corrected chi connectivity index (χ4v) is 3.87. The second kappa shape index (κ2) is 9.92. The first-order chi connectivity index (χ1) is 15.5. The first-order valence-corrected chi connectivity index (χ1v) is 11.2. The van der Waals surface area contributed by atoms with Gasteiger partial charge in [-0.1, -0.05) is 68.6 Å². The van der Waals surface area contributed by atoms with E-state index in [0.29, 0.717) is 33.7 Å². The second-order valence-corrected chi connectivity index (χ2v) is 8.62. The molecule has 0 spiro atoms. The smallest absolute Gasteiger partial charge is 0.258 e. The van der Waals surface area contributed by atoms with E-state index < -0.39 is 0 Å². The summed E-state index contributed by atoms with van der Waals surface area (Å²) in [6.07, 6.45) is 6.41. The molecule has 32 heavy (non-hydrogen) atoms. The molecule has 0 bridgehead atoms. The number of hydrogen-bond acceptors (Lipinski definition) is 4. The summed E-state index contributed by atoms with van der Waals surface area (Å²) in [5, 5.41) is 8.83. The molecule has 0 aliphatic rings. The summed E-state index contributed by atoms with van der Waals surface area (Å²) in [6.45, 7) is 5.17. The van der Waals surface area contributed by atoms with Crippen molar-refractivity contribution in [3.8, 4) is 11.3 Å². The SMILES string of the molecule is CC(C)CCCCn1nc(NC(=O)c2cccnc2)c2cc(Cl)c(-c3ccccc3)nc21. The number of anilines is 1. The highest BCUT2D eigenvalue weighted by Crippen LogP contribution is 2.32. The van der Waals surface area contributed by atoms with Crippen LogP contribution in [0.5, 0.6) is 0 Å². The van der Waals surface area contributed by atoms with Crippen molar-refractivity contribution in [2.45, 2.75) is 39.7 Å². The number of benzene rings is 1. The number of nitrogens with one attached hydrogen (secondary N) is 1. The number of hydrogen-bond donors (Lipinski definition) is 1. The predicted octanol–water partition coefficient (Wildman–Crippen LogP) is 6.23. The van der Waals surface area contributed by atoms with Gasteiger partial charge in [0, 0.05) is 24.5 Å². The van der Waals surface area contributed by atoms with Crippen molar-refractivity contribution >= 4 is 34.4 Å². The van der Waals surface area contributed by atoms with Crippen molar-refractivity contribution in [1.82, 2.24) is 19.7 Å². The summed E-state index contributed by atoms with van der Waals surface area (Å²) in [7, 11) is 0. The van der Waals surface area contributed by atoms with E-state index in [1.54, 1.807) is 18.3 Å². The Morgan fingerprint density at radius 1 is 1.12 bits per heavy atom. The van der Waals surface area contributed by atoms with E-state index in [0.717, 1.165) is 30.3 Å². The number of aryl methyl sites for hydroxylation is 1. The molecule has 1 aromatic carbocycles. The highest BCUT2D eigenvalue weighted by Gasteiger charge is 2.18. The van der Waals surface area contributed by atoms with Crippen LogP contribution in [0.4, 0.5) is 5.82 Å². The van der Waals surface area contributed by atoms with Crippen LogP contribution in [0.3, 0.4) is 0 Å². The van der Waals surface area contributed by atoms with Crippen molar-refractivity contribution in [3.63, 3.8) is 0 Å². The van der Waals surface area contributed by atoms with Gasteiger partial charge in [-0.3, -0.25) is 9.78 Å². The first kappa shape index (κ1) is 22.0. The largest absolute Gasteiger partial charge is 0.304 e. The molecule has 7 heteroatoms. The van der Waals surface area contributed by atoms with Gasteiger partial charge in [-0.25, -0.2) is 9.67 Å². The molecule has 3 heterocycles. The van der Waals surface area contributed by atoms with E-state index >= 15 is 0 Å². The summed E-state index contributed by atoms with van der Waals surface area (Å²) >= 11 is 6.61. The summed E-state index contributed by atoms with van der Waals surface area (Å²) in [5.74, 6) is 0.847. The van der Waals surface area contributed by atoms with Crippen molar-refractivity contribution in [2.24, 2.45) is 5.92 Å². The zero-order valence-electron chi connectivity index (χ0n) is 18.3. The molecular formula is C25H26ClN5O. The first-order valence-electron chi connectivity index (χ1n) is 10.9. The van der Waals surface area contributed by atoms with Crippen molar-refractivity contribution in [3.05, 3.63) is 71.5 Å². The Bertz CT molecular complexity index is 1210. The summed E-state index contributed by atoms with van der Waals surface area (Å²) in [6, 6.07) is 15.1. The Morgan fingerprint density at radius 3 is 2.66 bits per heavy atom. The van der Waals surface area contributed by atoms with Gasteiger partial charge in [0.05, 0.1) is 21.7 Å². The minimum Gasteiger partial charge on any atom is -0.304 e. The number of aromatic nitrogens is 4. The van der Waals surface area contributed by atoms with E-state index in [9.17, 15) is 4.79 Å². The zero-order valence-corrected chi connectivity index (χ0v) is 19.0. The lowest BCUT2D eigenvalue weighted by atomic mass is 10.1. The van der Waals surface area contributed by atoms with Gasteiger partial charge in [0.2, 0.25) is 0 Å². The monoisotopic (exact) mass is 447 g/mol. The number of amides is 1. The van der Waals surface area contributed by atoms with E-state index in [1.807, 2.05) is 41.1 Å². The average Bonchev–Trinajstić information content (AvgIpc) is 3.13. The van der Waals surface area contributed by atoms with Gasteiger partial charge in [-0.15, -0.1) is 0 Å². The highest BCUT2D eigenvalue weighted by atomic mass is 35.5. The number of rotatable bonds is 8. The van der Waals surface area contributed by atoms with Crippen LogP contribution in [0.2, 0.25) is 5.02 Å². The Morgan fingerprint density at radius 2 is 1.94 bits per heavy atom. The Balaban J connectivity index is 1.71. The molecule has 0 aliphatic heterocycles. The van der Waals surface area contributed by atoms with E-state index in [4.69, 9.17) is 21.7 Å².